The lowest BCUT2D eigenvalue weighted by Gasteiger charge is -2.27. The van der Waals surface area contributed by atoms with Crippen LogP contribution in [0.25, 0.3) is 0 Å². The van der Waals surface area contributed by atoms with Crippen molar-refractivity contribution in [3.8, 4) is 0 Å². The summed E-state index contributed by atoms with van der Waals surface area (Å²) in [7, 11) is 6.86. The van der Waals surface area contributed by atoms with Crippen LogP contribution in [0.4, 0.5) is 0 Å². The molecule has 0 bridgehead atoms. The van der Waals surface area contributed by atoms with Gasteiger partial charge in [0.25, 0.3) is 0 Å². The first kappa shape index (κ1) is 8.98. The summed E-state index contributed by atoms with van der Waals surface area (Å²) in [4.78, 5) is 0. The normalized spacial score (nSPS) is 41.7. The van der Waals surface area contributed by atoms with Gasteiger partial charge in [0.05, 0.1) is 11.5 Å². The monoisotopic (exact) mass is 200 g/mol. The Bertz CT molecular complexity index is 112. The van der Waals surface area contributed by atoms with Gasteiger partial charge in [-0.2, -0.15) is 0 Å². The maximum absolute atomic E-state index is 9.28. The molecule has 0 amide bonds. The predicted molar refractivity (Wildman–Crippen MR) is 46.7 cm³/mol. The van der Waals surface area contributed by atoms with Gasteiger partial charge < -0.3 is 5.11 Å². The van der Waals surface area contributed by atoms with Crippen molar-refractivity contribution in [3.05, 3.63) is 0 Å². The third kappa shape index (κ3) is 2.19. The molecule has 0 aromatic carbocycles. The van der Waals surface area contributed by atoms with Gasteiger partial charge in [-0.15, -0.1) is 11.6 Å². The smallest absolute Gasteiger partial charge is 0.0714 e. The lowest BCUT2D eigenvalue weighted by Crippen LogP contribution is -2.30. The minimum atomic E-state index is -0.355. The summed E-state index contributed by atoms with van der Waals surface area (Å²) in [6.45, 7) is 0. The molecule has 1 aliphatic rings. The van der Waals surface area contributed by atoms with Gasteiger partial charge >= 0.3 is 0 Å². The summed E-state index contributed by atoms with van der Waals surface area (Å²) < 4.78 is 0. The highest BCUT2D eigenvalue weighted by Gasteiger charge is 2.27. The van der Waals surface area contributed by atoms with E-state index in [-0.39, 0.29) is 11.5 Å². The van der Waals surface area contributed by atoms with E-state index in [1.54, 1.807) is 0 Å². The van der Waals surface area contributed by atoms with Crippen LogP contribution in [0.5, 0.6) is 0 Å². The van der Waals surface area contributed by atoms with Gasteiger partial charge in [-0.05, 0) is 29.9 Å². The molecule has 1 fully saturated rings. The van der Waals surface area contributed by atoms with Gasteiger partial charge in [0, 0.05) is 5.25 Å². The molecule has 0 aliphatic heterocycles. The Morgan fingerprint density at radius 3 is 2.60 bits per heavy atom. The number of halogens is 2. The first-order valence-electron chi connectivity index (χ1n) is 3.33. The number of hydrogen-bond donors (Lipinski definition) is 1. The molecule has 0 heterocycles. The van der Waals surface area contributed by atoms with E-state index in [2.05, 4.69) is 0 Å². The highest BCUT2D eigenvalue weighted by atomic mass is 35.7. The van der Waals surface area contributed by atoms with Crippen molar-refractivity contribution < 1.29 is 5.11 Å². The maximum Gasteiger partial charge on any atom is 0.0714 e. The van der Waals surface area contributed by atoms with Gasteiger partial charge in [0.15, 0.2) is 0 Å². The molecule has 0 radical (unpaired) electrons. The van der Waals surface area contributed by atoms with E-state index in [0.717, 1.165) is 19.3 Å². The number of aliphatic hydroxyl groups is 1. The second-order valence-electron chi connectivity index (χ2n) is 2.61. The first-order chi connectivity index (χ1) is 4.74. The van der Waals surface area contributed by atoms with Crippen LogP contribution in [-0.4, -0.2) is 21.8 Å². The molecule has 3 atom stereocenters. The molecule has 0 aromatic heterocycles. The van der Waals surface area contributed by atoms with Gasteiger partial charge in [-0.1, -0.05) is 11.0 Å². The standard InChI is InChI=1S/C6H10Cl2OS/c7-5-2-1-4(10-8)3-6(5)9/h4-6,9H,1-3H2. The Labute approximate surface area is 74.6 Å². The van der Waals surface area contributed by atoms with Crippen molar-refractivity contribution in [2.45, 2.75) is 36.0 Å². The molecular formula is C6H10Cl2OS. The van der Waals surface area contributed by atoms with E-state index < -0.39 is 0 Å². The Hall–Kier alpha value is 0.890. The SMILES string of the molecule is OC1CC(SCl)CCC1Cl. The third-order valence-corrected chi connectivity index (χ3v) is 3.76. The van der Waals surface area contributed by atoms with Crippen LogP contribution in [0, 0.1) is 0 Å². The molecule has 3 unspecified atom stereocenters. The number of alkyl halides is 1. The van der Waals surface area contributed by atoms with E-state index in [1.165, 1.54) is 11.0 Å². The summed E-state index contributed by atoms with van der Waals surface area (Å²) in [6.07, 6.45) is 2.29. The molecule has 0 spiro atoms. The van der Waals surface area contributed by atoms with Crippen molar-refractivity contribution in [2.75, 3.05) is 0 Å². The lowest BCUT2D eigenvalue weighted by molar-refractivity contribution is 0.137. The summed E-state index contributed by atoms with van der Waals surface area (Å²) in [6, 6.07) is 0. The van der Waals surface area contributed by atoms with Crippen molar-refractivity contribution in [3.63, 3.8) is 0 Å². The minimum absolute atomic E-state index is 0.0555. The second-order valence-corrected chi connectivity index (χ2v) is 4.55. The molecule has 1 aliphatic carbocycles. The fraction of sp³-hybridized carbons (Fsp3) is 1.00. The molecule has 0 saturated heterocycles. The van der Waals surface area contributed by atoms with E-state index in [4.69, 9.17) is 22.3 Å². The molecule has 1 rings (SSSR count). The summed E-state index contributed by atoms with van der Waals surface area (Å²) in [5.41, 5.74) is 0. The average molecular weight is 201 g/mol. The third-order valence-electron chi connectivity index (χ3n) is 1.81. The Kier molecular flexibility index (Phi) is 3.64. The number of rotatable bonds is 1. The fourth-order valence-electron chi connectivity index (χ4n) is 1.15. The summed E-state index contributed by atoms with van der Waals surface area (Å²) >= 11 is 5.79. The fourth-order valence-corrected chi connectivity index (χ4v) is 2.36. The predicted octanol–water partition coefficient (Wildman–Crippen LogP) is 2.39. The molecule has 60 valence electrons. The van der Waals surface area contributed by atoms with Crippen LogP contribution in [0.1, 0.15) is 19.3 Å². The zero-order chi connectivity index (χ0) is 7.56. The highest BCUT2D eigenvalue weighted by molar-refractivity contribution is 8.21. The highest BCUT2D eigenvalue weighted by Crippen LogP contribution is 2.32. The summed E-state index contributed by atoms with van der Waals surface area (Å²) in [5.74, 6) is 0. The van der Waals surface area contributed by atoms with Crippen LogP contribution in [0.15, 0.2) is 0 Å². The molecular weight excluding hydrogens is 191 g/mol. The van der Waals surface area contributed by atoms with Crippen LogP contribution in [-0.2, 0) is 0 Å². The molecule has 1 saturated carbocycles. The maximum atomic E-state index is 9.28. The van der Waals surface area contributed by atoms with E-state index in [9.17, 15) is 5.11 Å². The van der Waals surface area contributed by atoms with Crippen molar-refractivity contribution in [1.29, 1.82) is 0 Å². The lowest BCUT2D eigenvalue weighted by atomic mass is 9.97. The van der Waals surface area contributed by atoms with E-state index >= 15 is 0 Å². The quantitative estimate of drug-likeness (QED) is 0.657. The molecule has 10 heavy (non-hydrogen) atoms. The van der Waals surface area contributed by atoms with Crippen molar-refractivity contribution >= 4 is 33.3 Å². The molecule has 0 aromatic rings. The van der Waals surface area contributed by atoms with Crippen LogP contribution < -0.4 is 0 Å². The second kappa shape index (κ2) is 4.05. The zero-order valence-corrected chi connectivity index (χ0v) is 7.79. The first-order valence-corrected chi connectivity index (χ1v) is 5.48. The summed E-state index contributed by atoms with van der Waals surface area (Å²) in [5, 5.41) is 9.61. The largest absolute Gasteiger partial charge is 0.392 e. The van der Waals surface area contributed by atoms with Gasteiger partial charge in [-0.25, -0.2) is 0 Å². The van der Waals surface area contributed by atoms with Crippen LogP contribution in [0.3, 0.4) is 0 Å². The number of aliphatic hydroxyl groups excluding tert-OH is 1. The van der Waals surface area contributed by atoms with Crippen LogP contribution >= 0.6 is 33.3 Å². The van der Waals surface area contributed by atoms with E-state index in [0.29, 0.717) is 5.25 Å². The minimum Gasteiger partial charge on any atom is -0.392 e. The van der Waals surface area contributed by atoms with Gasteiger partial charge in [0.2, 0.25) is 0 Å². The molecule has 1 nitrogen and oxygen atoms in total. The van der Waals surface area contributed by atoms with Gasteiger partial charge in [-0.3, -0.25) is 0 Å². The Balaban J connectivity index is 2.33. The Morgan fingerprint density at radius 2 is 2.10 bits per heavy atom. The molecule has 1 N–H and O–H groups in total. The van der Waals surface area contributed by atoms with Crippen molar-refractivity contribution in [1.82, 2.24) is 0 Å². The van der Waals surface area contributed by atoms with Gasteiger partial charge in [0.1, 0.15) is 0 Å². The molecule has 4 heteroatoms. The van der Waals surface area contributed by atoms with E-state index in [1.807, 2.05) is 0 Å². The van der Waals surface area contributed by atoms with Crippen LogP contribution in [0.2, 0.25) is 0 Å². The number of hydrogen-bond acceptors (Lipinski definition) is 2. The Morgan fingerprint density at radius 1 is 1.40 bits per heavy atom. The average Bonchev–Trinajstić information content (AvgIpc) is 1.95. The zero-order valence-electron chi connectivity index (χ0n) is 5.46. The topological polar surface area (TPSA) is 20.2 Å². The van der Waals surface area contributed by atoms with Crippen molar-refractivity contribution in [2.24, 2.45) is 0 Å².